The molecule has 0 bridgehead atoms. The molecule has 0 aromatic carbocycles. The number of ketones is 1. The monoisotopic (exact) mass is 388 g/mol. The van der Waals surface area contributed by atoms with Gasteiger partial charge in [0.15, 0.2) is 0 Å². The average Bonchev–Trinajstić information content (AvgIpc) is 3.05. The van der Waals surface area contributed by atoms with Gasteiger partial charge in [-0.2, -0.15) is 0 Å². The highest BCUT2D eigenvalue weighted by Crippen LogP contribution is 2.67. The Bertz CT molecular complexity index is 627. The number of fused-ring (bicyclic) bond motifs is 5. The topological polar surface area (TPSA) is 43.4 Å². The first-order valence-corrected chi connectivity index (χ1v) is 11.9. The minimum absolute atomic E-state index is 0.120. The fraction of sp³-hybridized carbons (Fsp3) is 0.920. The van der Waals surface area contributed by atoms with Gasteiger partial charge < -0.3 is 4.74 Å². The Morgan fingerprint density at radius 3 is 2.64 bits per heavy atom. The molecule has 0 amide bonds. The van der Waals surface area contributed by atoms with Gasteiger partial charge in [0, 0.05) is 18.3 Å². The van der Waals surface area contributed by atoms with Crippen LogP contribution in [0.15, 0.2) is 0 Å². The molecule has 0 aromatic rings. The Morgan fingerprint density at radius 1 is 1.11 bits per heavy atom. The van der Waals surface area contributed by atoms with Gasteiger partial charge >= 0.3 is 5.97 Å². The third-order valence-electron chi connectivity index (χ3n) is 10.2. The van der Waals surface area contributed by atoms with Crippen molar-refractivity contribution >= 4 is 11.8 Å². The predicted molar refractivity (Wildman–Crippen MR) is 111 cm³/mol. The molecule has 4 rings (SSSR count). The van der Waals surface area contributed by atoms with Crippen molar-refractivity contribution in [3.63, 3.8) is 0 Å². The summed E-state index contributed by atoms with van der Waals surface area (Å²) in [6, 6.07) is 0. The van der Waals surface area contributed by atoms with Crippen molar-refractivity contribution in [1.29, 1.82) is 0 Å². The number of Topliss-reactive ketones (excluding diaryl/α,β-unsaturated/α-hetero) is 1. The van der Waals surface area contributed by atoms with Crippen molar-refractivity contribution in [3.8, 4) is 0 Å². The second-order valence-electron chi connectivity index (χ2n) is 11.1. The Balaban J connectivity index is 1.55. The van der Waals surface area contributed by atoms with Gasteiger partial charge in [0.2, 0.25) is 0 Å². The van der Waals surface area contributed by atoms with E-state index in [0.717, 1.165) is 24.7 Å². The van der Waals surface area contributed by atoms with Gasteiger partial charge in [0.05, 0.1) is 7.11 Å². The molecule has 0 spiro atoms. The Kier molecular flexibility index (Phi) is 5.42. The number of esters is 1. The normalized spacial score (nSPS) is 46.3. The van der Waals surface area contributed by atoms with Crippen molar-refractivity contribution < 1.29 is 14.3 Å². The zero-order valence-corrected chi connectivity index (χ0v) is 18.5. The van der Waals surface area contributed by atoms with E-state index in [1.165, 1.54) is 58.5 Å². The maximum atomic E-state index is 13.7. The van der Waals surface area contributed by atoms with Gasteiger partial charge in [-0.05, 0) is 85.9 Å². The van der Waals surface area contributed by atoms with Crippen LogP contribution in [-0.4, -0.2) is 18.9 Å². The van der Waals surface area contributed by atoms with E-state index in [4.69, 9.17) is 4.74 Å². The molecule has 0 N–H and O–H groups in total. The standard InChI is InChI=1S/C25H40O3/c1-16(8-13-23(27)28-4)19-11-12-20-18-10-9-17-7-5-6-14-24(17,2)21(18)15-22(26)25(19,20)3/h16-21H,5-15H2,1-4H3/t16-,17-,18+,19+,20+,21+,24-,25+/m0/s1. The minimum Gasteiger partial charge on any atom is -0.469 e. The van der Waals surface area contributed by atoms with Crippen molar-refractivity contribution in [3.05, 3.63) is 0 Å². The Morgan fingerprint density at radius 2 is 1.89 bits per heavy atom. The summed E-state index contributed by atoms with van der Waals surface area (Å²) in [7, 11) is 1.47. The fourth-order valence-corrected chi connectivity index (χ4v) is 8.59. The van der Waals surface area contributed by atoms with E-state index >= 15 is 0 Å². The van der Waals surface area contributed by atoms with Crippen LogP contribution in [0, 0.1) is 46.3 Å². The van der Waals surface area contributed by atoms with E-state index in [2.05, 4.69) is 20.8 Å². The molecular formula is C25H40O3. The molecule has 4 aliphatic carbocycles. The highest BCUT2D eigenvalue weighted by molar-refractivity contribution is 5.87. The second kappa shape index (κ2) is 7.43. The molecule has 0 aliphatic heterocycles. The maximum Gasteiger partial charge on any atom is 0.305 e. The van der Waals surface area contributed by atoms with Crippen LogP contribution < -0.4 is 0 Å². The molecule has 0 radical (unpaired) electrons. The number of carbonyl (C=O) groups excluding carboxylic acids is 2. The summed E-state index contributed by atoms with van der Waals surface area (Å²) >= 11 is 0. The molecule has 4 fully saturated rings. The number of ether oxygens (including phenoxy) is 1. The number of hydrogen-bond donors (Lipinski definition) is 0. The minimum atomic E-state index is -0.158. The lowest BCUT2D eigenvalue weighted by atomic mass is 9.44. The smallest absolute Gasteiger partial charge is 0.305 e. The molecule has 158 valence electrons. The first-order valence-electron chi connectivity index (χ1n) is 11.9. The molecule has 28 heavy (non-hydrogen) atoms. The van der Waals surface area contributed by atoms with E-state index in [9.17, 15) is 9.59 Å². The first kappa shape index (κ1) is 20.4. The molecule has 4 aliphatic rings. The third kappa shape index (κ3) is 2.98. The summed E-state index contributed by atoms with van der Waals surface area (Å²) in [5.74, 6) is 4.09. The van der Waals surface area contributed by atoms with Gasteiger partial charge in [0.25, 0.3) is 0 Å². The van der Waals surface area contributed by atoms with E-state index < -0.39 is 0 Å². The van der Waals surface area contributed by atoms with Crippen molar-refractivity contribution in [2.24, 2.45) is 46.3 Å². The molecule has 0 saturated heterocycles. The third-order valence-corrected chi connectivity index (χ3v) is 10.2. The molecule has 0 aromatic heterocycles. The summed E-state index contributed by atoms with van der Waals surface area (Å²) in [6.45, 7) is 7.10. The van der Waals surface area contributed by atoms with Crippen molar-refractivity contribution in [1.82, 2.24) is 0 Å². The molecular weight excluding hydrogens is 348 g/mol. The van der Waals surface area contributed by atoms with Crippen LogP contribution in [0.3, 0.4) is 0 Å². The van der Waals surface area contributed by atoms with Crippen LogP contribution >= 0.6 is 0 Å². The maximum absolute atomic E-state index is 13.7. The van der Waals surface area contributed by atoms with Gasteiger partial charge in [-0.3, -0.25) is 9.59 Å². The zero-order chi connectivity index (χ0) is 20.1. The lowest BCUT2D eigenvalue weighted by Crippen LogP contribution is -2.56. The Labute approximate surface area is 171 Å². The highest BCUT2D eigenvalue weighted by Gasteiger charge is 2.63. The molecule has 4 saturated carbocycles. The quantitative estimate of drug-likeness (QED) is 0.571. The van der Waals surface area contributed by atoms with Crippen molar-refractivity contribution in [2.45, 2.75) is 91.4 Å². The molecule has 0 heterocycles. The summed E-state index contributed by atoms with van der Waals surface area (Å²) in [5.41, 5.74) is 0.251. The van der Waals surface area contributed by atoms with Crippen LogP contribution in [0.4, 0.5) is 0 Å². The van der Waals surface area contributed by atoms with Crippen LogP contribution in [0.5, 0.6) is 0 Å². The highest BCUT2D eigenvalue weighted by atomic mass is 16.5. The van der Waals surface area contributed by atoms with Gasteiger partial charge in [-0.15, -0.1) is 0 Å². The summed E-state index contributed by atoms with van der Waals surface area (Å²) < 4.78 is 4.84. The van der Waals surface area contributed by atoms with Crippen LogP contribution in [-0.2, 0) is 14.3 Å². The van der Waals surface area contributed by atoms with E-state index in [-0.39, 0.29) is 11.4 Å². The van der Waals surface area contributed by atoms with Gasteiger partial charge in [-0.25, -0.2) is 0 Å². The summed E-state index contributed by atoms with van der Waals surface area (Å²) in [6.07, 6.45) is 12.8. The summed E-state index contributed by atoms with van der Waals surface area (Å²) in [4.78, 5) is 25.3. The van der Waals surface area contributed by atoms with Crippen LogP contribution in [0.2, 0.25) is 0 Å². The van der Waals surface area contributed by atoms with E-state index in [1.807, 2.05) is 0 Å². The van der Waals surface area contributed by atoms with Gasteiger partial charge in [0.1, 0.15) is 5.78 Å². The molecule has 3 heteroatoms. The summed E-state index contributed by atoms with van der Waals surface area (Å²) in [5, 5.41) is 0. The lowest BCUT2D eigenvalue weighted by Gasteiger charge is -2.60. The predicted octanol–water partition coefficient (Wildman–Crippen LogP) is 5.80. The number of methoxy groups -OCH3 is 1. The lowest BCUT2D eigenvalue weighted by molar-refractivity contribution is -0.157. The Hall–Kier alpha value is -0.860. The largest absolute Gasteiger partial charge is 0.469 e. The number of hydrogen-bond acceptors (Lipinski definition) is 3. The molecule has 0 unspecified atom stereocenters. The number of rotatable bonds is 4. The fourth-order valence-electron chi connectivity index (χ4n) is 8.59. The van der Waals surface area contributed by atoms with Gasteiger partial charge in [-0.1, -0.05) is 33.6 Å². The van der Waals surface area contributed by atoms with E-state index in [0.29, 0.717) is 41.3 Å². The molecule has 3 nitrogen and oxygen atoms in total. The van der Waals surface area contributed by atoms with Crippen LogP contribution in [0.1, 0.15) is 91.4 Å². The number of carbonyl (C=O) groups is 2. The SMILES string of the molecule is COC(=O)CC[C@H](C)[C@H]1CC[C@@H]2[C@H]3CC[C@@H]4CCCC[C@]4(C)[C@@H]3CC(=O)[C@@]21C. The average molecular weight is 389 g/mol. The van der Waals surface area contributed by atoms with Crippen molar-refractivity contribution in [2.75, 3.05) is 7.11 Å². The molecule has 8 atom stereocenters. The van der Waals surface area contributed by atoms with Crippen LogP contribution in [0.25, 0.3) is 0 Å². The zero-order valence-electron chi connectivity index (χ0n) is 18.5. The first-order chi connectivity index (χ1) is 13.3. The van der Waals surface area contributed by atoms with E-state index in [1.54, 1.807) is 0 Å². The second-order valence-corrected chi connectivity index (χ2v) is 11.1.